The van der Waals surface area contributed by atoms with Crippen LogP contribution in [0.2, 0.25) is 0 Å². The Bertz CT molecular complexity index is 607. The van der Waals surface area contributed by atoms with E-state index >= 15 is 0 Å². The average Bonchev–Trinajstić information content (AvgIpc) is 2.39. The van der Waals surface area contributed by atoms with E-state index in [1.165, 1.54) is 0 Å². The number of carbonyl (C=O) groups excluding carboxylic acids is 1. The first-order valence-corrected chi connectivity index (χ1v) is 5.68. The largest absolute Gasteiger partial charge is 0.481 e. The third-order valence-electron chi connectivity index (χ3n) is 2.41. The zero-order valence-corrected chi connectivity index (χ0v) is 10.00. The Morgan fingerprint density at radius 1 is 1.26 bits per heavy atom. The Labute approximate surface area is 109 Å². The van der Waals surface area contributed by atoms with Crippen molar-refractivity contribution in [3.8, 4) is 5.75 Å². The second-order valence-corrected chi connectivity index (χ2v) is 3.79. The molecule has 1 aromatic heterocycles. The molecular weight excluding hydrogens is 248 g/mol. The highest BCUT2D eigenvalue weighted by Crippen LogP contribution is 2.22. The van der Waals surface area contributed by atoms with Crippen molar-refractivity contribution in [2.45, 2.75) is 6.42 Å². The molecule has 1 amide bonds. The molecule has 6 nitrogen and oxygen atoms in total. The maximum atomic E-state index is 11.5. The summed E-state index contributed by atoms with van der Waals surface area (Å²) >= 11 is 0. The van der Waals surface area contributed by atoms with Gasteiger partial charge in [-0.2, -0.15) is 0 Å². The van der Waals surface area contributed by atoms with Crippen LogP contribution in [0.5, 0.6) is 5.75 Å². The SMILES string of the molecule is O=C(O)CCNC(=O)Oc1cccc2cccnc12. The summed E-state index contributed by atoms with van der Waals surface area (Å²) in [6.07, 6.45) is 0.764. The molecule has 1 heterocycles. The van der Waals surface area contributed by atoms with E-state index in [-0.39, 0.29) is 13.0 Å². The summed E-state index contributed by atoms with van der Waals surface area (Å²) in [5.41, 5.74) is 0.582. The van der Waals surface area contributed by atoms with Crippen molar-refractivity contribution in [3.05, 3.63) is 36.5 Å². The lowest BCUT2D eigenvalue weighted by atomic mass is 10.2. The smallest absolute Gasteiger partial charge is 0.412 e. The molecule has 0 bridgehead atoms. The van der Waals surface area contributed by atoms with Crippen LogP contribution in [0, 0.1) is 0 Å². The first-order valence-electron chi connectivity index (χ1n) is 5.68. The maximum absolute atomic E-state index is 11.5. The zero-order valence-electron chi connectivity index (χ0n) is 10.00. The second kappa shape index (κ2) is 5.81. The van der Waals surface area contributed by atoms with E-state index in [1.807, 2.05) is 12.1 Å². The Balaban J connectivity index is 2.05. The lowest BCUT2D eigenvalue weighted by Gasteiger charge is -2.07. The van der Waals surface area contributed by atoms with E-state index in [1.54, 1.807) is 24.4 Å². The van der Waals surface area contributed by atoms with Crippen LogP contribution < -0.4 is 10.1 Å². The Morgan fingerprint density at radius 2 is 2.05 bits per heavy atom. The molecule has 98 valence electrons. The van der Waals surface area contributed by atoms with Gasteiger partial charge in [0, 0.05) is 18.1 Å². The third-order valence-corrected chi connectivity index (χ3v) is 2.41. The normalized spacial score (nSPS) is 10.1. The standard InChI is InChI=1S/C13H12N2O4/c16-11(17)6-8-15-13(18)19-10-5-1-3-9-4-2-7-14-12(9)10/h1-5,7H,6,8H2,(H,15,18)(H,16,17). The summed E-state index contributed by atoms with van der Waals surface area (Å²) in [6, 6.07) is 8.89. The van der Waals surface area contributed by atoms with E-state index in [9.17, 15) is 9.59 Å². The minimum atomic E-state index is -0.980. The van der Waals surface area contributed by atoms with Gasteiger partial charge in [-0.25, -0.2) is 4.79 Å². The molecule has 0 saturated heterocycles. The molecule has 2 aromatic rings. The first-order chi connectivity index (χ1) is 9.16. The number of carboxylic acid groups (broad SMARTS) is 1. The highest BCUT2D eigenvalue weighted by atomic mass is 16.6. The number of nitrogens with one attached hydrogen (secondary N) is 1. The van der Waals surface area contributed by atoms with Crippen molar-refractivity contribution in [2.75, 3.05) is 6.54 Å². The van der Waals surface area contributed by atoms with Crippen molar-refractivity contribution < 1.29 is 19.4 Å². The highest BCUT2D eigenvalue weighted by Gasteiger charge is 2.08. The molecule has 6 heteroatoms. The number of ether oxygens (including phenoxy) is 1. The van der Waals surface area contributed by atoms with Crippen LogP contribution in [0.4, 0.5) is 4.79 Å². The fourth-order valence-corrected chi connectivity index (χ4v) is 1.57. The van der Waals surface area contributed by atoms with Crippen molar-refractivity contribution in [3.63, 3.8) is 0 Å². The number of para-hydroxylation sites is 1. The summed E-state index contributed by atoms with van der Waals surface area (Å²) in [4.78, 5) is 25.9. The number of aliphatic carboxylic acids is 1. The fraction of sp³-hybridized carbons (Fsp3) is 0.154. The van der Waals surface area contributed by atoms with Crippen molar-refractivity contribution in [1.29, 1.82) is 0 Å². The van der Waals surface area contributed by atoms with Crippen LogP contribution in [0.3, 0.4) is 0 Å². The number of rotatable bonds is 4. The van der Waals surface area contributed by atoms with Crippen LogP contribution in [-0.4, -0.2) is 28.7 Å². The molecule has 0 saturated carbocycles. The van der Waals surface area contributed by atoms with Crippen molar-refractivity contribution in [1.82, 2.24) is 10.3 Å². The van der Waals surface area contributed by atoms with Gasteiger partial charge in [-0.05, 0) is 12.1 Å². The summed E-state index contributed by atoms with van der Waals surface area (Å²) in [6.45, 7) is 0.0202. The molecule has 0 unspecified atom stereocenters. The predicted molar refractivity (Wildman–Crippen MR) is 68.0 cm³/mol. The molecule has 0 atom stereocenters. The van der Waals surface area contributed by atoms with Crippen LogP contribution in [0.1, 0.15) is 6.42 Å². The van der Waals surface area contributed by atoms with Gasteiger partial charge >= 0.3 is 12.1 Å². The maximum Gasteiger partial charge on any atom is 0.412 e. The minimum Gasteiger partial charge on any atom is -0.481 e. The molecule has 0 aliphatic rings. The van der Waals surface area contributed by atoms with Crippen LogP contribution >= 0.6 is 0 Å². The molecule has 2 N–H and O–H groups in total. The Morgan fingerprint density at radius 3 is 2.84 bits per heavy atom. The van der Waals surface area contributed by atoms with E-state index in [0.29, 0.717) is 11.3 Å². The highest BCUT2D eigenvalue weighted by molar-refractivity contribution is 5.86. The first kappa shape index (κ1) is 12.8. The molecule has 0 aliphatic carbocycles. The molecule has 19 heavy (non-hydrogen) atoms. The third kappa shape index (κ3) is 3.41. The summed E-state index contributed by atoms with van der Waals surface area (Å²) in [5.74, 6) is -0.641. The second-order valence-electron chi connectivity index (χ2n) is 3.79. The van der Waals surface area contributed by atoms with Crippen LogP contribution in [-0.2, 0) is 4.79 Å². The molecule has 0 aliphatic heterocycles. The molecule has 1 aromatic carbocycles. The van der Waals surface area contributed by atoms with E-state index in [0.717, 1.165) is 5.39 Å². The number of hydrogen-bond donors (Lipinski definition) is 2. The molecule has 2 rings (SSSR count). The van der Waals surface area contributed by atoms with Gasteiger partial charge in [-0.1, -0.05) is 18.2 Å². The quantitative estimate of drug-likeness (QED) is 0.875. The lowest BCUT2D eigenvalue weighted by Crippen LogP contribution is -2.29. The predicted octanol–water partition coefficient (Wildman–Crippen LogP) is 1.80. The Hall–Kier alpha value is -2.63. The number of nitrogens with zero attached hydrogens (tertiary/aromatic N) is 1. The lowest BCUT2D eigenvalue weighted by molar-refractivity contribution is -0.136. The summed E-state index contributed by atoms with van der Waals surface area (Å²) < 4.78 is 5.10. The van der Waals surface area contributed by atoms with E-state index in [4.69, 9.17) is 9.84 Å². The van der Waals surface area contributed by atoms with Gasteiger partial charge in [0.25, 0.3) is 0 Å². The number of hydrogen-bond acceptors (Lipinski definition) is 4. The van der Waals surface area contributed by atoms with Gasteiger partial charge in [-0.15, -0.1) is 0 Å². The molecule has 0 spiro atoms. The number of pyridine rings is 1. The van der Waals surface area contributed by atoms with Crippen molar-refractivity contribution in [2.24, 2.45) is 0 Å². The number of carbonyl (C=O) groups is 2. The van der Waals surface area contributed by atoms with Crippen molar-refractivity contribution >= 4 is 23.0 Å². The summed E-state index contributed by atoms with van der Waals surface area (Å²) in [7, 11) is 0. The van der Waals surface area contributed by atoms with Gasteiger partial charge in [0.2, 0.25) is 0 Å². The van der Waals surface area contributed by atoms with Crippen LogP contribution in [0.25, 0.3) is 10.9 Å². The molecule has 0 fully saturated rings. The number of carboxylic acids is 1. The fourth-order valence-electron chi connectivity index (χ4n) is 1.57. The number of aromatic nitrogens is 1. The van der Waals surface area contributed by atoms with Gasteiger partial charge < -0.3 is 15.2 Å². The van der Waals surface area contributed by atoms with Gasteiger partial charge in [0.1, 0.15) is 5.52 Å². The average molecular weight is 260 g/mol. The van der Waals surface area contributed by atoms with E-state index in [2.05, 4.69) is 10.3 Å². The monoisotopic (exact) mass is 260 g/mol. The van der Waals surface area contributed by atoms with Gasteiger partial charge in [0.05, 0.1) is 6.42 Å². The number of amides is 1. The summed E-state index contributed by atoms with van der Waals surface area (Å²) in [5, 5.41) is 11.7. The zero-order chi connectivity index (χ0) is 13.7. The van der Waals surface area contributed by atoms with Gasteiger partial charge in [0.15, 0.2) is 5.75 Å². The van der Waals surface area contributed by atoms with E-state index < -0.39 is 12.1 Å². The minimum absolute atomic E-state index is 0.0202. The topological polar surface area (TPSA) is 88.5 Å². The molecular formula is C13H12N2O4. The number of benzene rings is 1. The number of fused-ring (bicyclic) bond motifs is 1. The van der Waals surface area contributed by atoms with Crippen LogP contribution in [0.15, 0.2) is 36.5 Å². The molecule has 0 radical (unpaired) electrons. The Kier molecular flexibility index (Phi) is 3.92. The van der Waals surface area contributed by atoms with Gasteiger partial charge in [-0.3, -0.25) is 9.78 Å².